The maximum atomic E-state index is 11.9. The summed E-state index contributed by atoms with van der Waals surface area (Å²) in [5, 5.41) is 7.12. The molecule has 1 saturated carbocycles. The highest BCUT2D eigenvalue weighted by Gasteiger charge is 2.38. The van der Waals surface area contributed by atoms with Crippen LogP contribution in [0.3, 0.4) is 0 Å². The summed E-state index contributed by atoms with van der Waals surface area (Å²) in [6.45, 7) is 7.92. The van der Waals surface area contributed by atoms with Crippen molar-refractivity contribution in [3.8, 4) is 11.3 Å². The minimum absolute atomic E-state index is 0.123. The molecule has 2 unspecified atom stereocenters. The van der Waals surface area contributed by atoms with Gasteiger partial charge in [0.25, 0.3) is 0 Å². The van der Waals surface area contributed by atoms with E-state index in [1.807, 2.05) is 50.5 Å². The van der Waals surface area contributed by atoms with Gasteiger partial charge in [-0.1, -0.05) is 12.1 Å². The Morgan fingerprint density at radius 3 is 2.80 bits per heavy atom. The molecule has 0 saturated heterocycles. The van der Waals surface area contributed by atoms with Gasteiger partial charge in [-0.3, -0.25) is 0 Å². The molecule has 0 spiro atoms. The molecule has 156 valence electrons. The van der Waals surface area contributed by atoms with Gasteiger partial charge >= 0.3 is 6.09 Å². The van der Waals surface area contributed by atoms with Crippen molar-refractivity contribution in [3.05, 3.63) is 53.5 Å². The maximum Gasteiger partial charge on any atom is 0.407 e. The summed E-state index contributed by atoms with van der Waals surface area (Å²) in [4.78, 5) is 27.4. The Morgan fingerprint density at radius 1 is 1.33 bits per heavy atom. The van der Waals surface area contributed by atoms with Gasteiger partial charge in [0.1, 0.15) is 18.2 Å². The fourth-order valence-corrected chi connectivity index (χ4v) is 3.65. The van der Waals surface area contributed by atoms with Gasteiger partial charge in [-0.15, -0.1) is 0 Å². The highest BCUT2D eigenvalue weighted by Crippen LogP contribution is 2.46. The van der Waals surface area contributed by atoms with E-state index < -0.39 is 11.7 Å². The van der Waals surface area contributed by atoms with E-state index in [0.717, 1.165) is 46.2 Å². The Hall–Kier alpha value is -3.22. The van der Waals surface area contributed by atoms with Crippen molar-refractivity contribution in [1.82, 2.24) is 19.9 Å². The van der Waals surface area contributed by atoms with Crippen LogP contribution < -0.4 is 5.32 Å². The van der Waals surface area contributed by atoms with Crippen molar-refractivity contribution in [2.24, 2.45) is 5.92 Å². The van der Waals surface area contributed by atoms with Gasteiger partial charge in [0.15, 0.2) is 0 Å². The second-order valence-corrected chi connectivity index (χ2v) is 8.85. The number of ether oxygens (including phenoxy) is 1. The number of amides is 1. The first-order valence-electron chi connectivity index (χ1n) is 10.1. The van der Waals surface area contributed by atoms with E-state index in [1.54, 1.807) is 6.33 Å². The molecule has 7 heteroatoms. The fraction of sp³-hybridized carbons (Fsp3) is 0.391. The molecule has 0 radical (unpaired) electrons. The van der Waals surface area contributed by atoms with Crippen molar-refractivity contribution < 1.29 is 14.3 Å². The summed E-state index contributed by atoms with van der Waals surface area (Å²) in [6, 6.07) is 8.14. The Bertz CT molecular complexity index is 1110. The van der Waals surface area contributed by atoms with Crippen LogP contribution in [0.2, 0.25) is 0 Å². The van der Waals surface area contributed by atoms with Crippen LogP contribution in [-0.4, -0.2) is 32.6 Å². The minimum Gasteiger partial charge on any atom is -0.444 e. The topological polar surface area (TPSA) is 85.6 Å². The number of fused-ring (bicyclic) bond motifs is 1. The van der Waals surface area contributed by atoms with Gasteiger partial charge in [-0.25, -0.2) is 14.3 Å². The molecule has 1 amide bonds. The Labute approximate surface area is 175 Å². The van der Waals surface area contributed by atoms with Crippen molar-refractivity contribution >= 4 is 17.9 Å². The van der Waals surface area contributed by atoms with E-state index in [2.05, 4.69) is 27.5 Å². The molecular weight excluding hydrogens is 380 g/mol. The zero-order chi connectivity index (χ0) is 21.5. The van der Waals surface area contributed by atoms with E-state index in [9.17, 15) is 9.59 Å². The zero-order valence-corrected chi connectivity index (χ0v) is 17.7. The highest BCUT2D eigenvalue weighted by molar-refractivity contribution is 5.78. The van der Waals surface area contributed by atoms with Crippen molar-refractivity contribution in [3.63, 3.8) is 0 Å². The van der Waals surface area contributed by atoms with Gasteiger partial charge in [0, 0.05) is 24.2 Å². The second-order valence-electron chi connectivity index (χ2n) is 8.85. The van der Waals surface area contributed by atoms with Crippen LogP contribution in [0.15, 0.2) is 36.8 Å². The van der Waals surface area contributed by atoms with Gasteiger partial charge in [0.05, 0.1) is 11.2 Å². The highest BCUT2D eigenvalue weighted by atomic mass is 16.6. The molecule has 1 aliphatic carbocycles. The minimum atomic E-state index is -0.524. The third-order valence-corrected chi connectivity index (χ3v) is 5.31. The van der Waals surface area contributed by atoms with Crippen LogP contribution in [0.1, 0.15) is 49.8 Å². The first kappa shape index (κ1) is 20.1. The number of alkyl carbamates (subject to hydrolysis) is 1. The molecule has 1 N–H and O–H groups in total. The largest absolute Gasteiger partial charge is 0.444 e. The lowest BCUT2D eigenvalue weighted by Gasteiger charge is -2.20. The molecule has 1 aromatic carbocycles. The van der Waals surface area contributed by atoms with E-state index in [-0.39, 0.29) is 5.92 Å². The predicted octanol–water partition coefficient (Wildman–Crippen LogP) is 4.03. The first-order chi connectivity index (χ1) is 14.2. The van der Waals surface area contributed by atoms with Gasteiger partial charge in [0.2, 0.25) is 0 Å². The molecule has 1 aliphatic rings. The van der Waals surface area contributed by atoms with Gasteiger partial charge in [-0.05, 0) is 68.9 Å². The Balaban J connectivity index is 1.55. The van der Waals surface area contributed by atoms with Crippen LogP contribution in [-0.2, 0) is 16.1 Å². The van der Waals surface area contributed by atoms with E-state index in [1.165, 1.54) is 0 Å². The monoisotopic (exact) mass is 406 g/mol. The summed E-state index contributed by atoms with van der Waals surface area (Å²) in [6.07, 6.45) is 5.04. The summed E-state index contributed by atoms with van der Waals surface area (Å²) >= 11 is 0. The van der Waals surface area contributed by atoms with Crippen molar-refractivity contribution in [2.75, 3.05) is 0 Å². The maximum absolute atomic E-state index is 11.9. The van der Waals surface area contributed by atoms with Crippen molar-refractivity contribution in [1.29, 1.82) is 0 Å². The second kappa shape index (κ2) is 7.55. The Kier molecular flexibility index (Phi) is 5.05. The van der Waals surface area contributed by atoms with E-state index >= 15 is 0 Å². The van der Waals surface area contributed by atoms with Crippen LogP contribution in [0.25, 0.3) is 16.8 Å². The number of hydrogen-bond donors (Lipinski definition) is 1. The van der Waals surface area contributed by atoms with Gasteiger partial charge in [-0.2, -0.15) is 5.10 Å². The van der Waals surface area contributed by atoms with E-state index in [4.69, 9.17) is 4.74 Å². The number of carbonyl (C=O) groups excluding carboxylic acids is 2. The average Bonchev–Trinajstić information content (AvgIpc) is 3.34. The third kappa shape index (κ3) is 4.20. The fourth-order valence-electron chi connectivity index (χ4n) is 3.65. The number of nitrogens with zero attached hydrogens (tertiary/aromatic N) is 3. The molecule has 3 aromatic rings. The SMILES string of the molecule is Cc1cc(-c2ncnn3cc(C4CC4C=O)cc23)ccc1CNC(=O)OC(C)(C)C. The number of hydrogen-bond acceptors (Lipinski definition) is 5. The molecule has 30 heavy (non-hydrogen) atoms. The molecule has 2 atom stereocenters. The first-order valence-corrected chi connectivity index (χ1v) is 10.1. The number of nitrogens with one attached hydrogen (secondary N) is 1. The summed E-state index contributed by atoms with van der Waals surface area (Å²) in [7, 11) is 0. The van der Waals surface area contributed by atoms with Crippen LogP contribution >= 0.6 is 0 Å². The van der Waals surface area contributed by atoms with E-state index in [0.29, 0.717) is 12.5 Å². The van der Waals surface area contributed by atoms with Crippen LogP contribution in [0.4, 0.5) is 4.79 Å². The molecule has 7 nitrogen and oxygen atoms in total. The van der Waals surface area contributed by atoms with Gasteiger partial charge < -0.3 is 14.8 Å². The number of benzene rings is 1. The number of aryl methyl sites for hydroxylation is 1. The number of aldehydes is 1. The molecule has 1 fully saturated rings. The lowest BCUT2D eigenvalue weighted by atomic mass is 10.0. The van der Waals surface area contributed by atoms with Crippen LogP contribution in [0, 0.1) is 12.8 Å². The third-order valence-electron chi connectivity index (χ3n) is 5.31. The molecule has 0 bridgehead atoms. The summed E-state index contributed by atoms with van der Waals surface area (Å²) < 4.78 is 7.12. The number of aromatic nitrogens is 3. The standard InChI is InChI=1S/C23H26N4O3/c1-14-7-15(5-6-16(14)10-24-22(29)30-23(2,3)4)21-20-9-17(19-8-18(19)12-28)11-27(20)26-13-25-21/h5-7,9,11-13,18-19H,8,10H2,1-4H3,(H,24,29). The number of rotatable bonds is 5. The lowest BCUT2D eigenvalue weighted by molar-refractivity contribution is -0.108. The molecule has 2 heterocycles. The molecular formula is C23H26N4O3. The normalized spacial score (nSPS) is 18.3. The quantitative estimate of drug-likeness (QED) is 0.647. The van der Waals surface area contributed by atoms with Crippen LogP contribution in [0.5, 0.6) is 0 Å². The molecule has 0 aliphatic heterocycles. The molecule has 2 aromatic heterocycles. The average molecular weight is 406 g/mol. The summed E-state index contributed by atoms with van der Waals surface area (Å²) in [5.41, 5.74) is 5.41. The Morgan fingerprint density at radius 2 is 2.13 bits per heavy atom. The molecule has 4 rings (SSSR count). The smallest absolute Gasteiger partial charge is 0.407 e. The predicted molar refractivity (Wildman–Crippen MR) is 113 cm³/mol. The van der Waals surface area contributed by atoms with Crippen molar-refractivity contribution in [2.45, 2.75) is 52.2 Å². The summed E-state index contributed by atoms with van der Waals surface area (Å²) in [5.74, 6) is 0.415. The number of carbonyl (C=O) groups is 2. The zero-order valence-electron chi connectivity index (χ0n) is 17.7. The lowest BCUT2D eigenvalue weighted by Crippen LogP contribution is -2.32.